The van der Waals surface area contributed by atoms with Gasteiger partial charge in [-0.05, 0) is 19.0 Å². The van der Waals surface area contributed by atoms with E-state index < -0.39 is 0 Å². The van der Waals surface area contributed by atoms with Crippen molar-refractivity contribution in [3.8, 4) is 0 Å². The third-order valence-electron chi connectivity index (χ3n) is 3.98. The van der Waals surface area contributed by atoms with Crippen LogP contribution in [-0.4, -0.2) is 43.3 Å². The normalized spacial score (nSPS) is 26.4. The molecule has 0 amide bonds. The lowest BCUT2D eigenvalue weighted by Gasteiger charge is -2.38. The van der Waals surface area contributed by atoms with Crippen LogP contribution >= 0.6 is 0 Å². The van der Waals surface area contributed by atoms with Crippen LogP contribution in [0.15, 0.2) is 30.3 Å². The molecule has 1 spiro atoms. The molecule has 2 fully saturated rings. The minimum absolute atomic E-state index is 0.162. The van der Waals surface area contributed by atoms with Gasteiger partial charge in [0.2, 0.25) is 0 Å². The molecular weight excluding hydrogens is 212 g/mol. The Bertz CT molecular complexity index is 375. The van der Waals surface area contributed by atoms with Gasteiger partial charge in [-0.25, -0.2) is 0 Å². The van der Waals surface area contributed by atoms with Crippen LogP contribution in [0.5, 0.6) is 0 Å². The summed E-state index contributed by atoms with van der Waals surface area (Å²) in [6.45, 7) is 3.95. The molecule has 17 heavy (non-hydrogen) atoms. The van der Waals surface area contributed by atoms with E-state index in [0.29, 0.717) is 6.04 Å². The van der Waals surface area contributed by atoms with Crippen molar-refractivity contribution in [2.45, 2.75) is 24.6 Å². The highest BCUT2D eigenvalue weighted by molar-refractivity contribution is 5.14. The van der Waals surface area contributed by atoms with Crippen molar-refractivity contribution in [1.82, 2.24) is 10.2 Å². The smallest absolute Gasteiger partial charge is 0.0946 e. The maximum absolute atomic E-state index is 5.94. The zero-order chi connectivity index (χ0) is 11.7. The van der Waals surface area contributed by atoms with Gasteiger partial charge in [0, 0.05) is 25.7 Å². The number of likely N-dealkylation sites (N-methyl/N-ethyl adjacent to an activating group) is 1. The fourth-order valence-electron chi connectivity index (χ4n) is 2.75. The topological polar surface area (TPSA) is 24.5 Å². The molecule has 0 radical (unpaired) electrons. The molecule has 0 aromatic heterocycles. The number of nitrogens with one attached hydrogen (secondary N) is 1. The minimum Gasteiger partial charge on any atom is -0.371 e. The van der Waals surface area contributed by atoms with Gasteiger partial charge in [-0.2, -0.15) is 0 Å². The quantitative estimate of drug-likeness (QED) is 0.849. The third kappa shape index (κ3) is 2.23. The largest absolute Gasteiger partial charge is 0.371 e. The Morgan fingerprint density at radius 3 is 2.71 bits per heavy atom. The molecule has 92 valence electrons. The molecule has 1 atom stereocenters. The highest BCUT2D eigenvalue weighted by atomic mass is 16.5. The zero-order valence-electron chi connectivity index (χ0n) is 10.4. The monoisotopic (exact) mass is 232 g/mol. The SMILES string of the molecule is CN(Cc1ccccc1)C1COC2(CNC2)C1. The molecule has 2 aliphatic heterocycles. The Balaban J connectivity index is 1.58. The van der Waals surface area contributed by atoms with Gasteiger partial charge in [-0.1, -0.05) is 30.3 Å². The van der Waals surface area contributed by atoms with Crippen molar-refractivity contribution in [2.75, 3.05) is 26.7 Å². The average Bonchev–Trinajstić information content (AvgIpc) is 2.75. The predicted molar refractivity (Wildman–Crippen MR) is 67.9 cm³/mol. The second-order valence-corrected chi connectivity index (χ2v) is 5.36. The molecule has 0 aliphatic carbocycles. The van der Waals surface area contributed by atoms with Crippen molar-refractivity contribution in [3.05, 3.63) is 35.9 Å². The molecule has 2 saturated heterocycles. The number of rotatable bonds is 3. The van der Waals surface area contributed by atoms with Crippen LogP contribution in [-0.2, 0) is 11.3 Å². The lowest BCUT2D eigenvalue weighted by molar-refractivity contribution is -0.0365. The lowest BCUT2D eigenvalue weighted by Crippen LogP contribution is -2.59. The molecule has 1 aromatic carbocycles. The molecule has 1 N–H and O–H groups in total. The Morgan fingerprint density at radius 1 is 1.35 bits per heavy atom. The maximum atomic E-state index is 5.94. The predicted octanol–water partition coefficient (Wildman–Crippen LogP) is 1.25. The Kier molecular flexibility index (Phi) is 2.90. The summed E-state index contributed by atoms with van der Waals surface area (Å²) >= 11 is 0. The first kappa shape index (κ1) is 11.2. The zero-order valence-corrected chi connectivity index (χ0v) is 10.4. The number of nitrogens with zero attached hydrogens (tertiary/aromatic N) is 1. The van der Waals surface area contributed by atoms with E-state index in [4.69, 9.17) is 4.74 Å². The molecule has 0 saturated carbocycles. The summed E-state index contributed by atoms with van der Waals surface area (Å²) in [6, 6.07) is 11.2. The van der Waals surface area contributed by atoms with Gasteiger partial charge in [-0.3, -0.25) is 4.90 Å². The summed E-state index contributed by atoms with van der Waals surface area (Å²) in [5, 5.41) is 3.31. The van der Waals surface area contributed by atoms with E-state index >= 15 is 0 Å². The summed E-state index contributed by atoms with van der Waals surface area (Å²) in [5.74, 6) is 0. The highest BCUT2D eigenvalue weighted by Gasteiger charge is 2.46. The van der Waals surface area contributed by atoms with Crippen molar-refractivity contribution in [1.29, 1.82) is 0 Å². The van der Waals surface area contributed by atoms with Crippen molar-refractivity contribution >= 4 is 0 Å². The van der Waals surface area contributed by atoms with Crippen molar-refractivity contribution in [2.24, 2.45) is 0 Å². The molecule has 3 rings (SSSR count). The van der Waals surface area contributed by atoms with Gasteiger partial charge in [0.1, 0.15) is 0 Å². The molecule has 2 heterocycles. The van der Waals surface area contributed by atoms with E-state index in [2.05, 4.69) is 47.6 Å². The maximum Gasteiger partial charge on any atom is 0.0946 e. The summed E-state index contributed by atoms with van der Waals surface area (Å²) in [4.78, 5) is 2.42. The van der Waals surface area contributed by atoms with E-state index in [1.807, 2.05) is 0 Å². The van der Waals surface area contributed by atoms with Crippen LogP contribution < -0.4 is 5.32 Å². The summed E-state index contributed by atoms with van der Waals surface area (Å²) in [7, 11) is 2.20. The van der Waals surface area contributed by atoms with Gasteiger partial charge in [-0.15, -0.1) is 0 Å². The van der Waals surface area contributed by atoms with Gasteiger partial charge in [0.15, 0.2) is 0 Å². The number of benzene rings is 1. The molecule has 1 unspecified atom stereocenters. The second kappa shape index (κ2) is 4.41. The molecule has 3 nitrogen and oxygen atoms in total. The van der Waals surface area contributed by atoms with Gasteiger partial charge in [0.25, 0.3) is 0 Å². The van der Waals surface area contributed by atoms with Gasteiger partial charge < -0.3 is 10.1 Å². The summed E-state index contributed by atoms with van der Waals surface area (Å²) < 4.78 is 5.94. The van der Waals surface area contributed by atoms with Gasteiger partial charge in [0.05, 0.1) is 12.2 Å². The van der Waals surface area contributed by atoms with E-state index in [9.17, 15) is 0 Å². The summed E-state index contributed by atoms with van der Waals surface area (Å²) in [6.07, 6.45) is 1.17. The summed E-state index contributed by atoms with van der Waals surface area (Å²) in [5.41, 5.74) is 1.54. The Labute approximate surface area is 103 Å². The number of ether oxygens (including phenoxy) is 1. The molecule has 1 aromatic rings. The first-order chi connectivity index (χ1) is 8.27. The van der Waals surface area contributed by atoms with E-state index in [0.717, 1.165) is 26.2 Å². The second-order valence-electron chi connectivity index (χ2n) is 5.36. The highest BCUT2D eigenvalue weighted by Crippen LogP contribution is 2.31. The fraction of sp³-hybridized carbons (Fsp3) is 0.571. The van der Waals surface area contributed by atoms with Gasteiger partial charge >= 0.3 is 0 Å². The lowest BCUT2D eigenvalue weighted by atomic mass is 9.91. The number of hydrogen-bond donors (Lipinski definition) is 1. The Morgan fingerprint density at radius 2 is 2.12 bits per heavy atom. The molecule has 3 heteroatoms. The molecule has 0 bridgehead atoms. The minimum atomic E-state index is 0.162. The fourth-order valence-corrected chi connectivity index (χ4v) is 2.75. The van der Waals surface area contributed by atoms with E-state index in [1.165, 1.54) is 12.0 Å². The average molecular weight is 232 g/mol. The van der Waals surface area contributed by atoms with Crippen LogP contribution in [0.25, 0.3) is 0 Å². The van der Waals surface area contributed by atoms with Crippen LogP contribution in [0.3, 0.4) is 0 Å². The Hall–Kier alpha value is -0.900. The first-order valence-corrected chi connectivity index (χ1v) is 6.36. The number of hydrogen-bond acceptors (Lipinski definition) is 3. The standard InChI is InChI=1S/C14H20N2O/c1-16(8-12-5-3-2-4-6-12)13-7-14(17-9-13)10-15-11-14/h2-6,13,15H,7-11H2,1H3. The van der Waals surface area contributed by atoms with Crippen molar-refractivity contribution < 1.29 is 4.74 Å². The van der Waals surface area contributed by atoms with Crippen LogP contribution in [0.2, 0.25) is 0 Å². The van der Waals surface area contributed by atoms with Crippen LogP contribution in [0, 0.1) is 0 Å². The first-order valence-electron chi connectivity index (χ1n) is 6.36. The van der Waals surface area contributed by atoms with Crippen LogP contribution in [0.1, 0.15) is 12.0 Å². The third-order valence-corrected chi connectivity index (χ3v) is 3.98. The van der Waals surface area contributed by atoms with Crippen LogP contribution in [0.4, 0.5) is 0 Å². The molecular formula is C14H20N2O. The molecule has 2 aliphatic rings. The van der Waals surface area contributed by atoms with Crippen molar-refractivity contribution in [3.63, 3.8) is 0 Å². The van der Waals surface area contributed by atoms with E-state index in [-0.39, 0.29) is 5.60 Å². The van der Waals surface area contributed by atoms with E-state index in [1.54, 1.807) is 0 Å².